The minimum atomic E-state index is 0.116. The second-order valence-corrected chi connectivity index (χ2v) is 13.5. The van der Waals surface area contributed by atoms with Crippen LogP contribution in [0.15, 0.2) is 67.1 Å². The molecule has 0 aliphatic carbocycles. The highest BCUT2D eigenvalue weighted by Crippen LogP contribution is 2.35. The molecule has 2 aromatic carbocycles. The first-order valence-corrected chi connectivity index (χ1v) is 17.3. The summed E-state index contributed by atoms with van der Waals surface area (Å²) in [7, 11) is 1.86. The third-order valence-electron chi connectivity index (χ3n) is 10.3. The molecule has 256 valence electrons. The number of nitrogens with one attached hydrogen (secondary N) is 1. The van der Waals surface area contributed by atoms with Crippen LogP contribution in [0, 0.1) is 0 Å². The highest BCUT2D eigenvalue weighted by atomic mass is 16.2. The molecule has 0 unspecified atom stereocenters. The van der Waals surface area contributed by atoms with Crippen LogP contribution in [0.5, 0.6) is 0 Å². The molecule has 2 fully saturated rings. The van der Waals surface area contributed by atoms with E-state index in [4.69, 9.17) is 15.8 Å². The molecule has 0 radical (unpaired) electrons. The molecule has 13 nitrogen and oxygen atoms in total. The molecule has 0 saturated carbocycles. The van der Waals surface area contributed by atoms with E-state index in [1.54, 1.807) is 4.90 Å². The molecular formula is C37H41N11O2. The van der Waals surface area contributed by atoms with Crippen LogP contribution in [0.1, 0.15) is 45.9 Å². The van der Waals surface area contributed by atoms with Gasteiger partial charge in [0, 0.05) is 89.0 Å². The van der Waals surface area contributed by atoms with Crippen molar-refractivity contribution >= 4 is 40.7 Å². The topological polar surface area (TPSA) is 142 Å². The van der Waals surface area contributed by atoms with E-state index in [1.165, 1.54) is 17.6 Å². The number of nitrogens with zero attached hydrogens (tertiary/aromatic N) is 9. The van der Waals surface area contributed by atoms with E-state index in [-0.39, 0.29) is 11.9 Å². The summed E-state index contributed by atoms with van der Waals surface area (Å²) in [5, 5.41) is 8.51. The van der Waals surface area contributed by atoms with E-state index in [0.717, 1.165) is 103 Å². The number of hydrogen-bond acceptors (Lipinski definition) is 10. The number of hydrogen-bond donors (Lipinski definition) is 2. The fourth-order valence-corrected chi connectivity index (χ4v) is 7.50. The van der Waals surface area contributed by atoms with E-state index < -0.39 is 0 Å². The van der Waals surface area contributed by atoms with Crippen LogP contribution < -0.4 is 20.9 Å². The molecule has 8 rings (SSSR count). The summed E-state index contributed by atoms with van der Waals surface area (Å²) in [5.74, 6) is 1.53. The summed E-state index contributed by atoms with van der Waals surface area (Å²) in [6, 6.07) is 18.8. The van der Waals surface area contributed by atoms with Crippen molar-refractivity contribution < 1.29 is 9.59 Å². The number of nitrogens with two attached hydrogens (primary N) is 1. The van der Waals surface area contributed by atoms with Crippen LogP contribution in [0.4, 0.5) is 17.3 Å². The van der Waals surface area contributed by atoms with Crippen molar-refractivity contribution in [2.45, 2.75) is 38.5 Å². The van der Waals surface area contributed by atoms with Gasteiger partial charge >= 0.3 is 0 Å². The number of carbonyl (C=O) groups is 2. The maximum absolute atomic E-state index is 12.3. The van der Waals surface area contributed by atoms with Gasteiger partial charge in [0.2, 0.25) is 6.41 Å². The smallest absolute Gasteiger partial charge is 0.254 e. The van der Waals surface area contributed by atoms with E-state index in [0.29, 0.717) is 25.3 Å². The lowest BCUT2D eigenvalue weighted by atomic mass is 10.0. The molecule has 2 saturated heterocycles. The Balaban J connectivity index is 0.875. The summed E-state index contributed by atoms with van der Waals surface area (Å²) in [4.78, 5) is 45.8. The van der Waals surface area contributed by atoms with Crippen LogP contribution in [0.25, 0.3) is 22.3 Å². The van der Waals surface area contributed by atoms with Crippen molar-refractivity contribution in [3.05, 3.63) is 89.4 Å². The quantitative estimate of drug-likeness (QED) is 0.224. The van der Waals surface area contributed by atoms with E-state index >= 15 is 0 Å². The van der Waals surface area contributed by atoms with Gasteiger partial charge in [-0.25, -0.2) is 19.6 Å². The lowest BCUT2D eigenvalue weighted by Gasteiger charge is -2.36. The Bertz CT molecular complexity index is 2010. The molecule has 3 aliphatic heterocycles. The van der Waals surface area contributed by atoms with Crippen molar-refractivity contribution in [1.29, 1.82) is 0 Å². The van der Waals surface area contributed by atoms with Crippen LogP contribution >= 0.6 is 0 Å². The van der Waals surface area contributed by atoms with Crippen LogP contribution in [-0.2, 0) is 24.4 Å². The maximum atomic E-state index is 12.3. The zero-order chi connectivity index (χ0) is 34.2. The fraction of sp³-hybridized carbons (Fsp3) is 0.351. The van der Waals surface area contributed by atoms with Gasteiger partial charge in [-0.05, 0) is 53.8 Å². The third kappa shape index (κ3) is 6.09. The number of benzene rings is 2. The number of piperazine rings is 1. The lowest BCUT2D eigenvalue weighted by Crippen LogP contribution is -2.46. The second-order valence-electron chi connectivity index (χ2n) is 13.5. The minimum absolute atomic E-state index is 0.116. The zero-order valence-electron chi connectivity index (χ0n) is 28.2. The number of pyridine rings is 1. The molecule has 5 aromatic rings. The molecule has 6 heterocycles. The molecule has 0 spiro atoms. The standard InChI is InChI=1S/C37H41N11O2/c1-44-22-28-18-30(7-8-31(28)37(44)50)46-16-14-45(15-17-46)21-26-4-9-32(40-20-26)47-12-10-29(11-13-47)48-36-33(35(38)41-23-42-36)34(43-48)27-5-2-25(3-6-27)19-39-24-49/h2-9,18,20,23-24,29H,10-17,19,21-22H2,1H3,(H,39,49)(H2,38,41,42). The SMILES string of the molecule is CN1Cc2cc(N3CCN(Cc4ccc(N5CCC(n6nc(-c7ccc(CNC=O)cc7)c7c(N)ncnc76)CC5)nc4)CC3)ccc2C1=O. The molecule has 13 heteroatoms. The first-order chi connectivity index (χ1) is 24.4. The molecule has 0 atom stereocenters. The van der Waals surface area contributed by atoms with Crippen LogP contribution in [-0.4, -0.2) is 93.2 Å². The average Bonchev–Trinajstić information content (AvgIpc) is 3.69. The van der Waals surface area contributed by atoms with Gasteiger partial charge < -0.3 is 25.8 Å². The predicted molar refractivity (Wildman–Crippen MR) is 193 cm³/mol. The Hall–Kier alpha value is -5.56. The highest BCUT2D eigenvalue weighted by Gasteiger charge is 2.28. The van der Waals surface area contributed by atoms with E-state index in [2.05, 4.69) is 54.2 Å². The van der Waals surface area contributed by atoms with Crippen molar-refractivity contribution in [3.8, 4) is 11.3 Å². The Kier molecular flexibility index (Phi) is 8.49. The number of nitrogen functional groups attached to an aromatic ring is 1. The van der Waals surface area contributed by atoms with Crippen molar-refractivity contribution in [2.24, 2.45) is 0 Å². The van der Waals surface area contributed by atoms with Gasteiger partial charge in [-0.15, -0.1) is 0 Å². The molecule has 3 N–H and O–H groups in total. The average molecular weight is 672 g/mol. The molecule has 0 bridgehead atoms. The van der Waals surface area contributed by atoms with Gasteiger partial charge in [0.25, 0.3) is 5.91 Å². The lowest BCUT2D eigenvalue weighted by molar-refractivity contribution is -0.109. The van der Waals surface area contributed by atoms with Crippen LogP contribution in [0.3, 0.4) is 0 Å². The monoisotopic (exact) mass is 671 g/mol. The number of rotatable bonds is 9. The van der Waals surface area contributed by atoms with Crippen molar-refractivity contribution in [3.63, 3.8) is 0 Å². The first kappa shape index (κ1) is 31.7. The molecule has 3 aromatic heterocycles. The normalized spacial score (nSPS) is 17.1. The zero-order valence-corrected chi connectivity index (χ0v) is 28.2. The number of piperidine rings is 1. The van der Waals surface area contributed by atoms with Gasteiger partial charge in [-0.2, -0.15) is 5.10 Å². The summed E-state index contributed by atoms with van der Waals surface area (Å²) in [6.45, 7) is 7.65. The Labute approximate surface area is 290 Å². The van der Waals surface area contributed by atoms with Gasteiger partial charge in [0.05, 0.1) is 11.4 Å². The number of carbonyl (C=O) groups excluding carboxylic acids is 2. The number of fused-ring (bicyclic) bond motifs is 2. The predicted octanol–water partition coefficient (Wildman–Crippen LogP) is 3.47. The molecule has 50 heavy (non-hydrogen) atoms. The number of amides is 2. The Morgan fingerprint density at radius 2 is 1.68 bits per heavy atom. The second kappa shape index (κ2) is 13.4. The Morgan fingerprint density at radius 1 is 0.900 bits per heavy atom. The molecule has 3 aliphatic rings. The van der Waals surface area contributed by atoms with Gasteiger partial charge in [-0.1, -0.05) is 30.3 Å². The summed E-state index contributed by atoms with van der Waals surface area (Å²) < 4.78 is 2.03. The summed E-state index contributed by atoms with van der Waals surface area (Å²) >= 11 is 0. The van der Waals surface area contributed by atoms with Crippen LogP contribution in [0.2, 0.25) is 0 Å². The van der Waals surface area contributed by atoms with E-state index in [1.807, 2.05) is 48.3 Å². The Morgan fingerprint density at radius 3 is 2.42 bits per heavy atom. The third-order valence-corrected chi connectivity index (χ3v) is 10.3. The largest absolute Gasteiger partial charge is 0.383 e. The summed E-state index contributed by atoms with van der Waals surface area (Å²) in [6.07, 6.45) is 6.03. The number of anilines is 3. The van der Waals surface area contributed by atoms with Gasteiger partial charge in [0.15, 0.2) is 5.65 Å². The fourth-order valence-electron chi connectivity index (χ4n) is 7.50. The first-order valence-electron chi connectivity index (χ1n) is 17.3. The molecule has 2 amide bonds. The minimum Gasteiger partial charge on any atom is -0.383 e. The number of aromatic nitrogens is 5. The summed E-state index contributed by atoms with van der Waals surface area (Å²) in [5.41, 5.74) is 14.2. The molecular weight excluding hydrogens is 630 g/mol. The van der Waals surface area contributed by atoms with Crippen molar-refractivity contribution in [2.75, 3.05) is 61.8 Å². The van der Waals surface area contributed by atoms with E-state index in [9.17, 15) is 9.59 Å². The maximum Gasteiger partial charge on any atom is 0.254 e. The van der Waals surface area contributed by atoms with Gasteiger partial charge in [-0.3, -0.25) is 14.5 Å². The van der Waals surface area contributed by atoms with Gasteiger partial charge in [0.1, 0.15) is 23.7 Å². The van der Waals surface area contributed by atoms with Crippen molar-refractivity contribution in [1.82, 2.24) is 39.8 Å². The highest BCUT2D eigenvalue weighted by molar-refractivity contribution is 5.99.